The second-order valence-corrected chi connectivity index (χ2v) is 5.23. The molecule has 4 heteroatoms. The van der Waals surface area contributed by atoms with Gasteiger partial charge < -0.3 is 10.4 Å². The zero-order valence-corrected chi connectivity index (χ0v) is 11.6. The zero-order valence-electron chi connectivity index (χ0n) is 11.6. The lowest BCUT2D eigenvalue weighted by atomic mass is 10.0. The van der Waals surface area contributed by atoms with Crippen molar-refractivity contribution < 1.29 is 14.7 Å². The second kappa shape index (κ2) is 6.37. The molecule has 1 amide bonds. The van der Waals surface area contributed by atoms with E-state index in [4.69, 9.17) is 5.11 Å². The van der Waals surface area contributed by atoms with Crippen LogP contribution in [0.2, 0.25) is 0 Å². The maximum atomic E-state index is 12.0. The van der Waals surface area contributed by atoms with Crippen LogP contribution in [0, 0.1) is 12.8 Å². The van der Waals surface area contributed by atoms with Crippen molar-refractivity contribution in [1.29, 1.82) is 0 Å². The molecule has 0 aromatic heterocycles. The van der Waals surface area contributed by atoms with Crippen molar-refractivity contribution in [3.8, 4) is 0 Å². The lowest BCUT2D eigenvalue weighted by Crippen LogP contribution is -2.24. The van der Waals surface area contributed by atoms with Gasteiger partial charge in [0.2, 0.25) is 0 Å². The van der Waals surface area contributed by atoms with Crippen molar-refractivity contribution in [1.82, 2.24) is 5.32 Å². The van der Waals surface area contributed by atoms with E-state index < -0.39 is 5.97 Å². The Bertz CT molecular complexity index is 545. The van der Waals surface area contributed by atoms with Gasteiger partial charge in [0.1, 0.15) is 0 Å². The van der Waals surface area contributed by atoms with E-state index in [2.05, 4.69) is 5.32 Å². The molecule has 0 spiro atoms. The van der Waals surface area contributed by atoms with E-state index in [0.717, 1.165) is 29.5 Å². The maximum absolute atomic E-state index is 12.0. The molecule has 0 unspecified atom stereocenters. The number of hydrogen-bond acceptors (Lipinski definition) is 2. The predicted octanol–water partition coefficient (Wildman–Crippen LogP) is 2.62. The van der Waals surface area contributed by atoms with Crippen molar-refractivity contribution in [2.45, 2.75) is 26.2 Å². The molecule has 20 heavy (non-hydrogen) atoms. The third kappa shape index (κ3) is 4.23. The summed E-state index contributed by atoms with van der Waals surface area (Å²) in [5, 5.41) is 11.6. The highest BCUT2D eigenvalue weighted by molar-refractivity contribution is 5.95. The number of rotatable bonds is 6. The van der Waals surface area contributed by atoms with Crippen LogP contribution in [-0.4, -0.2) is 23.5 Å². The van der Waals surface area contributed by atoms with E-state index in [1.165, 1.54) is 18.9 Å². The average Bonchev–Trinajstić information content (AvgIpc) is 3.21. The molecule has 4 nitrogen and oxygen atoms in total. The fraction of sp³-hybridized carbons (Fsp3) is 0.375. The Hall–Kier alpha value is -2.10. The first-order valence-corrected chi connectivity index (χ1v) is 6.86. The number of nitrogens with one attached hydrogen (secondary N) is 1. The Morgan fingerprint density at radius 1 is 1.40 bits per heavy atom. The predicted molar refractivity (Wildman–Crippen MR) is 77.5 cm³/mol. The quantitative estimate of drug-likeness (QED) is 0.783. The van der Waals surface area contributed by atoms with Crippen molar-refractivity contribution in [2.75, 3.05) is 6.54 Å². The molecule has 0 atom stereocenters. The molecule has 0 heterocycles. The highest BCUT2D eigenvalue weighted by Gasteiger charge is 2.20. The lowest BCUT2D eigenvalue weighted by molar-refractivity contribution is -0.131. The van der Waals surface area contributed by atoms with Crippen LogP contribution in [0.5, 0.6) is 0 Å². The summed E-state index contributed by atoms with van der Waals surface area (Å²) in [5.41, 5.74) is 2.26. The fourth-order valence-electron chi connectivity index (χ4n) is 2.02. The topological polar surface area (TPSA) is 66.4 Å². The van der Waals surface area contributed by atoms with Crippen LogP contribution in [-0.2, 0) is 4.79 Å². The first-order valence-electron chi connectivity index (χ1n) is 6.86. The van der Waals surface area contributed by atoms with Gasteiger partial charge in [-0.05, 0) is 48.6 Å². The largest absolute Gasteiger partial charge is 0.478 e. The maximum Gasteiger partial charge on any atom is 0.328 e. The summed E-state index contributed by atoms with van der Waals surface area (Å²) >= 11 is 0. The third-order valence-corrected chi connectivity index (χ3v) is 3.48. The second-order valence-electron chi connectivity index (χ2n) is 5.23. The number of hydrogen-bond donors (Lipinski definition) is 2. The van der Waals surface area contributed by atoms with Crippen LogP contribution < -0.4 is 5.32 Å². The van der Waals surface area contributed by atoms with Gasteiger partial charge in [-0.2, -0.15) is 0 Å². The SMILES string of the molecule is Cc1ccc(C(=O)NCCC2CC2)cc1/C=C/C(=O)O. The third-order valence-electron chi connectivity index (χ3n) is 3.48. The molecule has 1 saturated carbocycles. The minimum atomic E-state index is -0.997. The molecular weight excluding hydrogens is 254 g/mol. The highest BCUT2D eigenvalue weighted by Crippen LogP contribution is 2.31. The van der Waals surface area contributed by atoms with Crippen LogP contribution in [0.15, 0.2) is 24.3 Å². The number of carbonyl (C=O) groups excluding carboxylic acids is 1. The molecular formula is C16H19NO3. The molecule has 2 rings (SSSR count). The molecule has 1 aliphatic rings. The van der Waals surface area contributed by atoms with Gasteiger partial charge in [-0.15, -0.1) is 0 Å². The fourth-order valence-corrected chi connectivity index (χ4v) is 2.02. The van der Waals surface area contributed by atoms with E-state index in [0.29, 0.717) is 12.1 Å². The van der Waals surface area contributed by atoms with E-state index >= 15 is 0 Å². The van der Waals surface area contributed by atoms with Gasteiger partial charge in [-0.25, -0.2) is 4.79 Å². The summed E-state index contributed by atoms with van der Waals surface area (Å²) in [6.45, 7) is 2.59. The van der Waals surface area contributed by atoms with Gasteiger partial charge in [0, 0.05) is 18.2 Å². The van der Waals surface area contributed by atoms with Crippen molar-refractivity contribution in [2.24, 2.45) is 5.92 Å². The summed E-state index contributed by atoms with van der Waals surface area (Å²) in [6, 6.07) is 5.32. The lowest BCUT2D eigenvalue weighted by Gasteiger charge is -2.07. The van der Waals surface area contributed by atoms with Gasteiger partial charge in [0.25, 0.3) is 5.91 Å². The molecule has 0 saturated heterocycles. The number of carboxylic acids is 1. The average molecular weight is 273 g/mol. The van der Waals surface area contributed by atoms with Gasteiger partial charge in [-0.1, -0.05) is 18.9 Å². The van der Waals surface area contributed by atoms with Gasteiger partial charge in [0.15, 0.2) is 0 Å². The Morgan fingerprint density at radius 2 is 2.15 bits per heavy atom. The van der Waals surface area contributed by atoms with Gasteiger partial charge in [-0.3, -0.25) is 4.79 Å². The minimum Gasteiger partial charge on any atom is -0.478 e. The van der Waals surface area contributed by atoms with E-state index in [-0.39, 0.29) is 5.91 Å². The summed E-state index contributed by atoms with van der Waals surface area (Å²) < 4.78 is 0. The molecule has 106 valence electrons. The number of aliphatic carboxylic acids is 1. The molecule has 0 radical (unpaired) electrons. The molecule has 1 aromatic carbocycles. The number of carboxylic acid groups (broad SMARTS) is 1. The normalized spacial score (nSPS) is 14.4. The number of carbonyl (C=O) groups is 2. The van der Waals surface area contributed by atoms with Crippen molar-refractivity contribution >= 4 is 18.0 Å². The summed E-state index contributed by atoms with van der Waals surface area (Å²) in [6.07, 6.45) is 6.20. The molecule has 0 aliphatic heterocycles. The smallest absolute Gasteiger partial charge is 0.328 e. The van der Waals surface area contributed by atoms with Gasteiger partial charge in [0.05, 0.1) is 0 Å². The molecule has 2 N–H and O–H groups in total. The minimum absolute atomic E-state index is 0.101. The number of amides is 1. The summed E-state index contributed by atoms with van der Waals surface area (Å²) in [4.78, 5) is 22.5. The van der Waals surface area contributed by atoms with Crippen LogP contribution in [0.3, 0.4) is 0 Å². The van der Waals surface area contributed by atoms with E-state index in [9.17, 15) is 9.59 Å². The van der Waals surface area contributed by atoms with Crippen LogP contribution in [0.4, 0.5) is 0 Å². The van der Waals surface area contributed by atoms with Crippen molar-refractivity contribution in [3.63, 3.8) is 0 Å². The Labute approximate surface area is 118 Å². The summed E-state index contributed by atoms with van der Waals surface area (Å²) in [5.74, 6) is -0.304. The van der Waals surface area contributed by atoms with E-state index in [1.54, 1.807) is 12.1 Å². The monoisotopic (exact) mass is 273 g/mol. The molecule has 0 bridgehead atoms. The standard InChI is InChI=1S/C16H19NO3/c1-11-2-5-14(10-13(11)6-7-15(18)19)16(20)17-9-8-12-3-4-12/h2,5-7,10,12H,3-4,8-9H2,1H3,(H,17,20)(H,18,19)/b7-6+. The Kier molecular flexibility index (Phi) is 4.56. The molecule has 1 fully saturated rings. The number of aryl methyl sites for hydroxylation is 1. The van der Waals surface area contributed by atoms with Crippen LogP contribution in [0.25, 0.3) is 6.08 Å². The number of benzene rings is 1. The Morgan fingerprint density at radius 3 is 2.80 bits per heavy atom. The van der Waals surface area contributed by atoms with Gasteiger partial charge >= 0.3 is 5.97 Å². The Balaban J connectivity index is 2.01. The van der Waals surface area contributed by atoms with Crippen LogP contribution >= 0.6 is 0 Å². The summed E-state index contributed by atoms with van der Waals surface area (Å²) in [7, 11) is 0. The first-order chi connectivity index (χ1) is 9.56. The molecule has 1 aromatic rings. The van der Waals surface area contributed by atoms with E-state index in [1.807, 2.05) is 13.0 Å². The first kappa shape index (κ1) is 14.3. The van der Waals surface area contributed by atoms with Crippen LogP contribution in [0.1, 0.15) is 40.7 Å². The van der Waals surface area contributed by atoms with Crippen molar-refractivity contribution in [3.05, 3.63) is 41.0 Å². The highest BCUT2D eigenvalue weighted by atomic mass is 16.4. The zero-order chi connectivity index (χ0) is 14.5. The molecule has 1 aliphatic carbocycles.